The number of halogens is 1. The second-order valence-electron chi connectivity index (χ2n) is 3.28. The molecule has 0 spiro atoms. The van der Waals surface area contributed by atoms with Gasteiger partial charge in [-0.2, -0.15) is 0 Å². The van der Waals surface area contributed by atoms with Crippen molar-refractivity contribution < 1.29 is 19.4 Å². The monoisotopic (exact) mass is 288 g/mol. The van der Waals surface area contributed by atoms with E-state index >= 15 is 0 Å². The smallest absolute Gasteiger partial charge is 0.339 e. The van der Waals surface area contributed by atoms with E-state index in [0.717, 1.165) is 0 Å². The van der Waals surface area contributed by atoms with Gasteiger partial charge in [0.2, 0.25) is 0 Å². The number of hydrogen-bond acceptors (Lipinski definition) is 3. The molecule has 88 valence electrons. The highest BCUT2D eigenvalue weighted by atomic mass is 79.9. The van der Waals surface area contributed by atoms with Crippen molar-refractivity contribution in [3.05, 3.63) is 28.2 Å². The van der Waals surface area contributed by atoms with Crippen molar-refractivity contribution >= 4 is 21.9 Å². The molecule has 0 heterocycles. The lowest BCUT2D eigenvalue weighted by molar-refractivity contribution is 0.0644. The Balaban J connectivity index is 2.88. The quantitative estimate of drug-likeness (QED) is 0.905. The number of aromatic carboxylic acids is 1. The maximum absolute atomic E-state index is 11.0. The summed E-state index contributed by atoms with van der Waals surface area (Å²) in [7, 11) is 1.58. The Morgan fingerprint density at radius 1 is 1.56 bits per heavy atom. The van der Waals surface area contributed by atoms with Crippen LogP contribution in [0.15, 0.2) is 22.7 Å². The van der Waals surface area contributed by atoms with E-state index in [0.29, 0.717) is 16.8 Å². The summed E-state index contributed by atoms with van der Waals surface area (Å²) in [4.78, 5) is 11.0. The van der Waals surface area contributed by atoms with Crippen LogP contribution in [-0.4, -0.2) is 30.9 Å². The summed E-state index contributed by atoms with van der Waals surface area (Å²) in [6.45, 7) is 2.15. The van der Waals surface area contributed by atoms with Gasteiger partial charge in [0, 0.05) is 7.11 Å². The minimum Gasteiger partial charge on any atom is -0.489 e. The van der Waals surface area contributed by atoms with Crippen LogP contribution in [0.2, 0.25) is 0 Å². The van der Waals surface area contributed by atoms with E-state index in [1.165, 1.54) is 6.07 Å². The number of hydrogen-bond donors (Lipinski definition) is 1. The van der Waals surface area contributed by atoms with Crippen LogP contribution in [0.4, 0.5) is 0 Å². The van der Waals surface area contributed by atoms with Crippen LogP contribution in [0.3, 0.4) is 0 Å². The molecule has 16 heavy (non-hydrogen) atoms. The van der Waals surface area contributed by atoms with Crippen molar-refractivity contribution in [3.8, 4) is 5.75 Å². The molecule has 1 atom stereocenters. The van der Waals surface area contributed by atoms with Crippen LogP contribution in [0.5, 0.6) is 5.75 Å². The number of carboxylic acid groups (broad SMARTS) is 1. The van der Waals surface area contributed by atoms with Crippen LogP contribution in [0.1, 0.15) is 17.3 Å². The molecule has 0 aliphatic rings. The van der Waals surface area contributed by atoms with Gasteiger partial charge in [-0.3, -0.25) is 0 Å². The fourth-order valence-corrected chi connectivity index (χ4v) is 1.57. The zero-order chi connectivity index (χ0) is 12.1. The fraction of sp³-hybridized carbons (Fsp3) is 0.364. The molecule has 1 aromatic carbocycles. The maximum Gasteiger partial charge on any atom is 0.339 e. The summed E-state index contributed by atoms with van der Waals surface area (Å²) < 4.78 is 11.1. The summed E-state index contributed by atoms with van der Waals surface area (Å²) >= 11 is 3.26. The summed E-state index contributed by atoms with van der Waals surface area (Å²) in [6, 6.07) is 4.89. The van der Waals surface area contributed by atoms with Crippen molar-refractivity contribution in [2.24, 2.45) is 0 Å². The zero-order valence-corrected chi connectivity index (χ0v) is 10.7. The molecule has 0 aromatic heterocycles. The van der Waals surface area contributed by atoms with Crippen molar-refractivity contribution in [1.29, 1.82) is 0 Å². The lowest BCUT2D eigenvalue weighted by atomic mass is 10.2. The average Bonchev–Trinajstić information content (AvgIpc) is 2.26. The number of carbonyl (C=O) groups is 1. The topological polar surface area (TPSA) is 55.8 Å². The highest BCUT2D eigenvalue weighted by Crippen LogP contribution is 2.29. The van der Waals surface area contributed by atoms with E-state index in [4.69, 9.17) is 14.6 Å². The number of methoxy groups -OCH3 is 1. The second kappa shape index (κ2) is 5.86. The highest BCUT2D eigenvalue weighted by Gasteiger charge is 2.14. The van der Waals surface area contributed by atoms with Crippen LogP contribution < -0.4 is 4.74 Å². The Morgan fingerprint density at radius 3 is 2.81 bits per heavy atom. The first kappa shape index (κ1) is 13.0. The Hall–Kier alpha value is -1.07. The van der Waals surface area contributed by atoms with Crippen LogP contribution in [0, 0.1) is 0 Å². The summed E-state index contributed by atoms with van der Waals surface area (Å²) in [5.41, 5.74) is 0.137. The first-order valence-corrected chi connectivity index (χ1v) is 5.53. The third kappa shape index (κ3) is 3.21. The molecule has 0 saturated carbocycles. The van der Waals surface area contributed by atoms with E-state index in [-0.39, 0.29) is 11.7 Å². The van der Waals surface area contributed by atoms with Gasteiger partial charge < -0.3 is 14.6 Å². The Labute approximate surface area is 102 Å². The third-order valence-electron chi connectivity index (χ3n) is 2.06. The lowest BCUT2D eigenvalue weighted by Gasteiger charge is -2.14. The lowest BCUT2D eigenvalue weighted by Crippen LogP contribution is -2.17. The predicted octanol–water partition coefficient (Wildman–Crippen LogP) is 2.56. The van der Waals surface area contributed by atoms with E-state index < -0.39 is 5.97 Å². The average molecular weight is 289 g/mol. The molecular formula is C11H13BrO4. The molecule has 0 fully saturated rings. The van der Waals surface area contributed by atoms with Crippen LogP contribution in [-0.2, 0) is 4.74 Å². The molecule has 0 aliphatic carbocycles. The van der Waals surface area contributed by atoms with Crippen molar-refractivity contribution in [2.45, 2.75) is 13.0 Å². The molecule has 1 unspecified atom stereocenters. The second-order valence-corrected chi connectivity index (χ2v) is 4.13. The summed E-state index contributed by atoms with van der Waals surface area (Å²) in [5, 5.41) is 8.98. The van der Waals surface area contributed by atoms with Crippen molar-refractivity contribution in [2.75, 3.05) is 13.7 Å². The van der Waals surface area contributed by atoms with E-state index in [2.05, 4.69) is 15.9 Å². The minimum atomic E-state index is -1.01. The van der Waals surface area contributed by atoms with Gasteiger partial charge in [0.1, 0.15) is 17.9 Å². The Bertz CT molecular complexity index is 378. The van der Waals surface area contributed by atoms with Gasteiger partial charge in [-0.25, -0.2) is 4.79 Å². The Kier molecular flexibility index (Phi) is 4.76. The predicted molar refractivity (Wildman–Crippen MR) is 63.1 cm³/mol. The number of carboxylic acids is 1. The van der Waals surface area contributed by atoms with Gasteiger partial charge in [-0.15, -0.1) is 0 Å². The fourth-order valence-electron chi connectivity index (χ4n) is 1.09. The molecule has 0 saturated heterocycles. The highest BCUT2D eigenvalue weighted by molar-refractivity contribution is 9.10. The largest absolute Gasteiger partial charge is 0.489 e. The summed E-state index contributed by atoms with van der Waals surface area (Å²) in [5.74, 6) is -0.680. The van der Waals surface area contributed by atoms with Gasteiger partial charge in [0.05, 0.1) is 10.6 Å². The van der Waals surface area contributed by atoms with Crippen molar-refractivity contribution in [1.82, 2.24) is 0 Å². The Morgan fingerprint density at radius 2 is 2.25 bits per heavy atom. The number of rotatable bonds is 5. The molecule has 0 bridgehead atoms. The SMILES string of the molecule is COC(C)COc1c(Br)cccc1C(=O)O. The molecule has 1 N–H and O–H groups in total. The number of ether oxygens (including phenoxy) is 2. The normalized spacial score (nSPS) is 12.2. The van der Waals surface area contributed by atoms with Gasteiger partial charge in [-0.1, -0.05) is 6.07 Å². The molecule has 5 heteroatoms. The van der Waals surface area contributed by atoms with Crippen molar-refractivity contribution in [3.63, 3.8) is 0 Å². The van der Waals surface area contributed by atoms with Gasteiger partial charge in [0.25, 0.3) is 0 Å². The molecule has 0 aliphatic heterocycles. The van der Waals surface area contributed by atoms with Gasteiger partial charge in [-0.05, 0) is 35.0 Å². The van der Waals surface area contributed by atoms with Crippen LogP contribution in [0.25, 0.3) is 0 Å². The number of benzene rings is 1. The standard InChI is InChI=1S/C11H13BrO4/c1-7(15-2)6-16-10-8(11(13)14)4-3-5-9(10)12/h3-5,7H,6H2,1-2H3,(H,13,14). The first-order chi connectivity index (χ1) is 7.56. The van der Waals surface area contributed by atoms with Crippen LogP contribution >= 0.6 is 15.9 Å². The minimum absolute atomic E-state index is 0.0891. The molecule has 1 rings (SSSR count). The number of para-hydroxylation sites is 1. The van der Waals surface area contributed by atoms with Gasteiger partial charge >= 0.3 is 5.97 Å². The molecule has 0 radical (unpaired) electrons. The van der Waals surface area contributed by atoms with E-state index in [1.807, 2.05) is 6.92 Å². The molecule has 4 nitrogen and oxygen atoms in total. The van der Waals surface area contributed by atoms with E-state index in [1.54, 1.807) is 19.2 Å². The first-order valence-electron chi connectivity index (χ1n) is 4.73. The van der Waals surface area contributed by atoms with E-state index in [9.17, 15) is 4.79 Å². The maximum atomic E-state index is 11.0. The third-order valence-corrected chi connectivity index (χ3v) is 2.69. The van der Waals surface area contributed by atoms with Gasteiger partial charge in [0.15, 0.2) is 0 Å². The zero-order valence-electron chi connectivity index (χ0n) is 9.07. The summed E-state index contributed by atoms with van der Waals surface area (Å²) in [6.07, 6.45) is -0.0891. The molecular weight excluding hydrogens is 276 g/mol. The molecule has 0 amide bonds. The molecule has 1 aromatic rings.